The van der Waals surface area contributed by atoms with E-state index in [1.54, 1.807) is 18.3 Å². The monoisotopic (exact) mass is 551 g/mol. The number of nitrogens with one attached hydrogen (secondary N) is 2. The van der Waals surface area contributed by atoms with Crippen LogP contribution in [0, 0.1) is 5.92 Å². The molecule has 4 N–H and O–H groups in total. The van der Waals surface area contributed by atoms with Gasteiger partial charge in [-0.1, -0.05) is 55.5 Å². The number of rotatable bonds is 10. The van der Waals surface area contributed by atoms with Gasteiger partial charge in [0.05, 0.1) is 24.4 Å². The Morgan fingerprint density at radius 1 is 0.974 bits per heavy atom. The first-order chi connectivity index (χ1) is 18.9. The highest BCUT2D eigenvalue weighted by molar-refractivity contribution is 7.99. The third kappa shape index (κ3) is 7.36. The van der Waals surface area contributed by atoms with Crippen LogP contribution < -0.4 is 10.6 Å². The van der Waals surface area contributed by atoms with Gasteiger partial charge in [0, 0.05) is 36.5 Å². The lowest BCUT2D eigenvalue weighted by Gasteiger charge is -2.41. The van der Waals surface area contributed by atoms with Gasteiger partial charge in [-0.3, -0.25) is 0 Å². The van der Waals surface area contributed by atoms with Gasteiger partial charge < -0.3 is 30.3 Å². The molecule has 2 heterocycles. The van der Waals surface area contributed by atoms with Gasteiger partial charge in [0.2, 0.25) is 0 Å². The number of carbonyl (C=O) groups is 2. The number of carboxylic acids is 1. The fourth-order valence-corrected chi connectivity index (χ4v) is 5.49. The fourth-order valence-electron chi connectivity index (χ4n) is 4.34. The first kappa shape index (κ1) is 28.6. The average Bonchev–Trinajstić information content (AvgIpc) is 2.96. The van der Waals surface area contributed by atoms with Crippen molar-refractivity contribution in [1.82, 2.24) is 15.6 Å². The second-order valence-electron chi connectivity index (χ2n) is 9.25. The average molecular weight is 552 g/mol. The first-order valence-corrected chi connectivity index (χ1v) is 13.8. The molecule has 3 aromatic rings. The van der Waals surface area contributed by atoms with E-state index in [-0.39, 0.29) is 36.3 Å². The van der Waals surface area contributed by atoms with Crippen LogP contribution in [-0.4, -0.2) is 45.6 Å². The molecule has 1 saturated heterocycles. The summed E-state index contributed by atoms with van der Waals surface area (Å²) in [4.78, 5) is 27.6. The number of hydrogen-bond donors (Lipinski definition) is 4. The number of ether oxygens (including phenoxy) is 2. The minimum absolute atomic E-state index is 0.0380. The van der Waals surface area contributed by atoms with Crippen LogP contribution in [0.1, 0.15) is 58.9 Å². The van der Waals surface area contributed by atoms with Gasteiger partial charge >= 0.3 is 12.0 Å². The molecule has 9 nitrogen and oxygen atoms in total. The maximum atomic E-state index is 11.7. The van der Waals surface area contributed by atoms with Gasteiger partial charge in [0.1, 0.15) is 5.03 Å². The molecule has 1 aliphatic rings. The molecular formula is C29H33N3O6S. The zero-order valence-electron chi connectivity index (χ0n) is 21.9. The summed E-state index contributed by atoms with van der Waals surface area (Å²) in [6.07, 6.45) is 0.380. The zero-order chi connectivity index (χ0) is 27.8. The Hall–Kier alpha value is -3.44. The number of amides is 2. The standard InChI is InChI=1S/C29H33N3O6S/c1-3-30-29(36)32-15-19-6-12-22(13-7-19)28-37-24(17-39-26-23(27(34)35)5-4-14-31-26)18(2)25(38-28)21-10-8-20(16-33)9-11-21/h4-14,18,24-25,28,33H,3,15-17H2,1-2H3,(H,34,35)(H2,30,32,36). The second-order valence-corrected chi connectivity index (χ2v) is 10.3. The molecule has 0 aliphatic carbocycles. The summed E-state index contributed by atoms with van der Waals surface area (Å²) in [5.74, 6) is -0.586. The van der Waals surface area contributed by atoms with Crippen molar-refractivity contribution in [2.75, 3.05) is 12.3 Å². The van der Waals surface area contributed by atoms with E-state index < -0.39 is 12.3 Å². The van der Waals surface area contributed by atoms with Gasteiger partial charge in [-0.15, -0.1) is 11.8 Å². The molecule has 206 valence electrons. The molecule has 10 heteroatoms. The third-order valence-electron chi connectivity index (χ3n) is 6.55. The number of aromatic carboxylic acids is 1. The van der Waals surface area contributed by atoms with Crippen LogP contribution in [0.2, 0.25) is 0 Å². The Balaban J connectivity index is 1.54. The topological polar surface area (TPSA) is 130 Å². The second kappa shape index (κ2) is 13.6. The molecule has 1 aromatic heterocycles. The summed E-state index contributed by atoms with van der Waals surface area (Å²) in [6.45, 7) is 4.83. The van der Waals surface area contributed by atoms with Crippen LogP contribution in [0.5, 0.6) is 0 Å². The highest BCUT2D eigenvalue weighted by atomic mass is 32.2. The predicted molar refractivity (Wildman–Crippen MR) is 147 cm³/mol. The summed E-state index contributed by atoms with van der Waals surface area (Å²) >= 11 is 1.35. The minimum atomic E-state index is -1.02. The molecule has 2 amide bonds. The van der Waals surface area contributed by atoms with E-state index in [1.807, 2.05) is 55.5 Å². The number of nitrogens with zero attached hydrogens (tertiary/aromatic N) is 1. The van der Waals surface area contributed by atoms with Crippen LogP contribution in [0.15, 0.2) is 71.9 Å². The highest BCUT2D eigenvalue weighted by Gasteiger charge is 2.38. The maximum Gasteiger partial charge on any atom is 0.338 e. The summed E-state index contributed by atoms with van der Waals surface area (Å²) in [5, 5.41) is 25.0. The third-order valence-corrected chi connectivity index (χ3v) is 7.65. The zero-order valence-corrected chi connectivity index (χ0v) is 22.7. The van der Waals surface area contributed by atoms with Crippen molar-refractivity contribution in [3.8, 4) is 0 Å². The molecular weight excluding hydrogens is 518 g/mol. The Morgan fingerprint density at radius 3 is 2.33 bits per heavy atom. The Morgan fingerprint density at radius 2 is 1.67 bits per heavy atom. The summed E-state index contributed by atoms with van der Waals surface area (Å²) in [5.41, 5.74) is 3.71. The largest absolute Gasteiger partial charge is 0.478 e. The van der Waals surface area contributed by atoms with Crippen LogP contribution in [-0.2, 0) is 22.6 Å². The number of aliphatic hydroxyl groups excluding tert-OH is 1. The fraction of sp³-hybridized carbons (Fsp3) is 0.345. The number of urea groups is 1. The SMILES string of the molecule is CCNC(=O)NCc1ccc(C2OC(CSc3ncccc3C(=O)O)C(C)C(c3ccc(CO)cc3)O2)cc1. The number of benzene rings is 2. The highest BCUT2D eigenvalue weighted by Crippen LogP contribution is 2.43. The molecule has 1 fully saturated rings. The molecule has 4 unspecified atom stereocenters. The van der Waals surface area contributed by atoms with Crippen molar-refractivity contribution in [3.63, 3.8) is 0 Å². The Kier molecular flexibility index (Phi) is 9.94. The van der Waals surface area contributed by atoms with Gasteiger partial charge in [-0.05, 0) is 35.7 Å². The van der Waals surface area contributed by atoms with Gasteiger partial charge in [0.15, 0.2) is 6.29 Å². The summed E-state index contributed by atoms with van der Waals surface area (Å²) in [6, 6.07) is 18.3. The molecule has 0 bridgehead atoms. The number of carboxylic acid groups (broad SMARTS) is 1. The molecule has 4 atom stereocenters. The molecule has 0 saturated carbocycles. The van der Waals surface area contributed by atoms with Crippen molar-refractivity contribution in [3.05, 3.63) is 94.7 Å². The summed E-state index contributed by atoms with van der Waals surface area (Å²) < 4.78 is 12.9. The number of pyridine rings is 1. The molecule has 1 aliphatic heterocycles. The van der Waals surface area contributed by atoms with Gasteiger partial charge in [0.25, 0.3) is 0 Å². The minimum Gasteiger partial charge on any atom is -0.478 e. The van der Waals surface area contributed by atoms with Crippen LogP contribution >= 0.6 is 11.8 Å². The first-order valence-electron chi connectivity index (χ1n) is 12.8. The lowest BCUT2D eigenvalue weighted by Crippen LogP contribution is -2.38. The van der Waals surface area contributed by atoms with E-state index in [0.717, 1.165) is 22.3 Å². The molecule has 0 spiro atoms. The quantitative estimate of drug-likeness (QED) is 0.268. The summed E-state index contributed by atoms with van der Waals surface area (Å²) in [7, 11) is 0. The lowest BCUT2D eigenvalue weighted by molar-refractivity contribution is -0.268. The molecule has 0 radical (unpaired) electrons. The van der Waals surface area contributed by atoms with Crippen molar-refractivity contribution in [2.45, 2.75) is 50.5 Å². The van der Waals surface area contributed by atoms with Crippen molar-refractivity contribution in [2.24, 2.45) is 5.92 Å². The van der Waals surface area contributed by atoms with E-state index in [2.05, 4.69) is 22.5 Å². The van der Waals surface area contributed by atoms with Crippen LogP contribution in [0.25, 0.3) is 0 Å². The van der Waals surface area contributed by atoms with Gasteiger partial charge in [-0.25, -0.2) is 14.6 Å². The van der Waals surface area contributed by atoms with Crippen molar-refractivity contribution >= 4 is 23.8 Å². The molecule has 2 aromatic carbocycles. The number of thioether (sulfide) groups is 1. The van der Waals surface area contributed by atoms with Crippen LogP contribution in [0.3, 0.4) is 0 Å². The number of aliphatic hydroxyl groups is 1. The van der Waals surface area contributed by atoms with Gasteiger partial charge in [-0.2, -0.15) is 0 Å². The lowest BCUT2D eigenvalue weighted by atomic mass is 9.91. The predicted octanol–water partition coefficient (Wildman–Crippen LogP) is 4.67. The van der Waals surface area contributed by atoms with Crippen molar-refractivity contribution < 1.29 is 29.3 Å². The maximum absolute atomic E-state index is 11.7. The van der Waals surface area contributed by atoms with Crippen molar-refractivity contribution in [1.29, 1.82) is 0 Å². The number of carbonyl (C=O) groups excluding carboxylic acids is 1. The van der Waals surface area contributed by atoms with E-state index in [0.29, 0.717) is 23.9 Å². The molecule has 4 rings (SSSR count). The Labute approximate surface area is 232 Å². The smallest absolute Gasteiger partial charge is 0.338 e. The van der Waals surface area contributed by atoms with Crippen LogP contribution in [0.4, 0.5) is 4.79 Å². The number of hydrogen-bond acceptors (Lipinski definition) is 7. The number of aromatic nitrogens is 1. The van der Waals surface area contributed by atoms with E-state index in [4.69, 9.17) is 9.47 Å². The Bertz CT molecular complexity index is 1250. The molecule has 39 heavy (non-hydrogen) atoms. The van der Waals surface area contributed by atoms with E-state index in [1.165, 1.54) is 11.8 Å². The van der Waals surface area contributed by atoms with E-state index in [9.17, 15) is 19.8 Å². The normalized spacial score (nSPS) is 20.8. The van der Waals surface area contributed by atoms with E-state index >= 15 is 0 Å².